The topological polar surface area (TPSA) is 74.7 Å². The van der Waals surface area contributed by atoms with Crippen molar-refractivity contribution in [2.24, 2.45) is 0 Å². The highest BCUT2D eigenvalue weighted by Gasteiger charge is 2.37. The number of anilines is 1. The number of rotatable bonds is 6. The van der Waals surface area contributed by atoms with Crippen molar-refractivity contribution in [1.29, 1.82) is 0 Å². The number of methoxy groups -OCH3 is 1. The zero-order valence-electron chi connectivity index (χ0n) is 21.8. The Morgan fingerprint density at radius 1 is 1.18 bits per heavy atom. The van der Waals surface area contributed by atoms with Crippen molar-refractivity contribution < 1.29 is 27.1 Å². The van der Waals surface area contributed by atoms with Crippen molar-refractivity contribution in [3.8, 4) is 17.3 Å². The van der Waals surface area contributed by atoms with E-state index in [9.17, 15) is 18.0 Å². The normalized spacial score (nSPS) is 15.4. The van der Waals surface area contributed by atoms with Crippen LogP contribution in [-0.4, -0.2) is 84.1 Å². The molecule has 13 heteroatoms. The van der Waals surface area contributed by atoms with E-state index in [1.165, 1.54) is 19.4 Å². The summed E-state index contributed by atoms with van der Waals surface area (Å²) < 4.78 is 62.2. The van der Waals surface area contributed by atoms with Crippen LogP contribution < -0.4 is 9.64 Å². The minimum Gasteiger partial charge on any atom is -0.467 e. The number of aromatic nitrogens is 3. The molecule has 1 aliphatic heterocycles. The molecule has 0 aliphatic carbocycles. The lowest BCUT2D eigenvalue weighted by molar-refractivity contribution is -0.137. The Bertz CT molecular complexity index is 1410. The van der Waals surface area contributed by atoms with Gasteiger partial charge in [0.15, 0.2) is 5.82 Å². The molecule has 0 saturated carbocycles. The summed E-state index contributed by atoms with van der Waals surface area (Å²) in [5, 5.41) is -0.368. The lowest BCUT2D eigenvalue weighted by atomic mass is 10.0. The van der Waals surface area contributed by atoms with Gasteiger partial charge in [0, 0.05) is 50.1 Å². The van der Waals surface area contributed by atoms with Gasteiger partial charge in [0.25, 0.3) is 0 Å². The fraction of sp³-hybridized carbons (Fsp3) is 0.385. The zero-order chi connectivity index (χ0) is 28.5. The van der Waals surface area contributed by atoms with Crippen LogP contribution in [0.4, 0.5) is 23.4 Å². The van der Waals surface area contributed by atoms with Crippen LogP contribution in [0.1, 0.15) is 12.5 Å². The van der Waals surface area contributed by atoms with Crippen molar-refractivity contribution >= 4 is 34.2 Å². The molecule has 0 bridgehead atoms. The highest BCUT2D eigenvalue weighted by atomic mass is 35.5. The quantitative estimate of drug-likeness (QED) is 0.317. The van der Waals surface area contributed by atoms with Gasteiger partial charge in [-0.15, -0.1) is 0 Å². The van der Waals surface area contributed by atoms with Crippen molar-refractivity contribution in [2.75, 3.05) is 52.3 Å². The van der Waals surface area contributed by atoms with Crippen LogP contribution in [0.2, 0.25) is 5.02 Å². The Morgan fingerprint density at radius 2 is 1.87 bits per heavy atom. The third-order valence-corrected chi connectivity index (χ3v) is 6.92. The molecule has 1 aromatic carbocycles. The first-order valence-electron chi connectivity index (χ1n) is 12.1. The van der Waals surface area contributed by atoms with Crippen LogP contribution in [0.25, 0.3) is 22.2 Å². The number of nitrogens with zero attached hydrogens (tertiary/aromatic N) is 6. The molecule has 1 aliphatic rings. The Hall–Kier alpha value is -3.51. The van der Waals surface area contributed by atoms with E-state index in [0.29, 0.717) is 32.0 Å². The summed E-state index contributed by atoms with van der Waals surface area (Å²) in [5.74, 6) is -0.871. The second kappa shape index (κ2) is 11.3. The first-order valence-corrected chi connectivity index (χ1v) is 12.4. The molecule has 4 rings (SSSR count). The van der Waals surface area contributed by atoms with Gasteiger partial charge in [0.2, 0.25) is 5.91 Å². The molecule has 0 radical (unpaired) electrons. The molecule has 0 N–H and O–H groups in total. The maximum absolute atomic E-state index is 15.8. The Kier molecular flexibility index (Phi) is 8.26. The number of carbonyl (C=O) groups is 1. The molecule has 1 saturated heterocycles. The van der Waals surface area contributed by atoms with E-state index in [1.807, 2.05) is 36.9 Å². The van der Waals surface area contributed by atoms with Gasteiger partial charge in [0.1, 0.15) is 17.0 Å². The van der Waals surface area contributed by atoms with E-state index in [0.717, 1.165) is 12.1 Å². The number of hydrogen-bond acceptors (Lipinski definition) is 7. The number of pyridine rings is 1. The summed E-state index contributed by atoms with van der Waals surface area (Å²) in [5.41, 5.74) is -2.47. The summed E-state index contributed by atoms with van der Waals surface area (Å²) in [6.07, 6.45) is -0.211. The summed E-state index contributed by atoms with van der Waals surface area (Å²) in [7, 11) is 5.15. The average Bonchev–Trinajstić information content (AvgIpc) is 2.90. The predicted octanol–water partition coefficient (Wildman–Crippen LogP) is 4.67. The summed E-state index contributed by atoms with van der Waals surface area (Å²) in [6, 6.07) is 3.42. The van der Waals surface area contributed by atoms with Crippen LogP contribution >= 0.6 is 11.6 Å². The molecule has 3 aromatic rings. The predicted molar refractivity (Wildman–Crippen MR) is 140 cm³/mol. The SMILES string of the molecule is COc1nc(N2CCN(C(=O)/C=C/C(C)N(C)C)CC2)c2cnc(-c3cccc(Cl)c3C(F)(F)F)c(F)c2n1. The summed E-state index contributed by atoms with van der Waals surface area (Å²) in [6.45, 7) is 3.52. The molecule has 1 atom stereocenters. The second-order valence-corrected chi connectivity index (χ2v) is 9.66. The number of ether oxygens (including phenoxy) is 1. The third-order valence-electron chi connectivity index (χ3n) is 6.60. The molecule has 8 nitrogen and oxygen atoms in total. The van der Waals surface area contributed by atoms with Crippen LogP contribution in [0.5, 0.6) is 6.01 Å². The highest BCUT2D eigenvalue weighted by Crippen LogP contribution is 2.42. The van der Waals surface area contributed by atoms with Crippen molar-refractivity contribution in [2.45, 2.75) is 19.1 Å². The molecule has 39 heavy (non-hydrogen) atoms. The average molecular weight is 567 g/mol. The number of halogens is 5. The minimum atomic E-state index is -4.83. The van der Waals surface area contributed by atoms with Gasteiger partial charge in [-0.2, -0.15) is 23.1 Å². The van der Waals surface area contributed by atoms with E-state index in [1.54, 1.807) is 11.0 Å². The van der Waals surface area contributed by atoms with Crippen molar-refractivity contribution in [1.82, 2.24) is 24.8 Å². The number of carbonyl (C=O) groups excluding carboxylic acids is 1. The van der Waals surface area contributed by atoms with Crippen LogP contribution in [0.15, 0.2) is 36.5 Å². The van der Waals surface area contributed by atoms with E-state index in [-0.39, 0.29) is 28.9 Å². The Labute approximate surface area is 227 Å². The van der Waals surface area contributed by atoms with Crippen LogP contribution in [0.3, 0.4) is 0 Å². The number of alkyl halides is 3. The van der Waals surface area contributed by atoms with E-state index >= 15 is 4.39 Å². The van der Waals surface area contributed by atoms with Crippen LogP contribution in [0, 0.1) is 5.82 Å². The molecule has 1 fully saturated rings. The minimum absolute atomic E-state index is 0.0986. The number of amides is 1. The van der Waals surface area contributed by atoms with Gasteiger partial charge in [-0.05, 0) is 27.1 Å². The Morgan fingerprint density at radius 3 is 2.49 bits per heavy atom. The van der Waals surface area contributed by atoms with Gasteiger partial charge in [-0.3, -0.25) is 9.78 Å². The standard InChI is InChI=1S/C26H27ClF4N6O2/c1-15(35(2)3)8-9-19(38)36-10-12-37(13-11-36)24-17-14-32-22(21(28)23(17)33-25(34-24)39-4)16-6-5-7-18(27)20(16)26(29,30)31/h5-9,14-15H,10-13H2,1-4H3/b9-8+. The van der Waals surface area contributed by atoms with E-state index < -0.39 is 33.8 Å². The van der Waals surface area contributed by atoms with Crippen LogP contribution in [-0.2, 0) is 11.0 Å². The first-order chi connectivity index (χ1) is 18.4. The molecular weight excluding hydrogens is 540 g/mol. The molecule has 0 spiro atoms. The lowest BCUT2D eigenvalue weighted by Crippen LogP contribution is -2.48. The monoisotopic (exact) mass is 566 g/mol. The van der Waals surface area contributed by atoms with E-state index in [4.69, 9.17) is 16.3 Å². The number of hydrogen-bond donors (Lipinski definition) is 0. The number of likely N-dealkylation sites (N-methyl/N-ethyl adjacent to an activating group) is 1. The number of piperazine rings is 1. The molecule has 3 heterocycles. The Balaban J connectivity index is 1.68. The third kappa shape index (κ3) is 5.91. The first kappa shape index (κ1) is 28.5. The maximum atomic E-state index is 15.8. The van der Waals surface area contributed by atoms with E-state index in [2.05, 4.69) is 15.0 Å². The van der Waals surface area contributed by atoms with Gasteiger partial charge < -0.3 is 19.4 Å². The molecule has 1 unspecified atom stereocenters. The number of benzene rings is 1. The van der Waals surface area contributed by atoms with Gasteiger partial charge >= 0.3 is 12.2 Å². The molecule has 1 amide bonds. The smallest absolute Gasteiger partial charge is 0.418 e. The molecular formula is C26H27ClF4N6O2. The van der Waals surface area contributed by atoms with Gasteiger partial charge in [-0.1, -0.05) is 29.8 Å². The molecule has 2 aromatic heterocycles. The lowest BCUT2D eigenvalue weighted by Gasteiger charge is -2.35. The fourth-order valence-corrected chi connectivity index (χ4v) is 4.47. The number of fused-ring (bicyclic) bond motifs is 1. The van der Waals surface area contributed by atoms with Gasteiger partial charge in [0.05, 0.1) is 23.1 Å². The fourth-order valence-electron chi connectivity index (χ4n) is 4.19. The summed E-state index contributed by atoms with van der Waals surface area (Å²) in [4.78, 5) is 30.6. The highest BCUT2D eigenvalue weighted by molar-refractivity contribution is 6.31. The zero-order valence-corrected chi connectivity index (χ0v) is 22.5. The van der Waals surface area contributed by atoms with Gasteiger partial charge in [-0.25, -0.2) is 4.39 Å². The maximum Gasteiger partial charge on any atom is 0.418 e. The molecule has 208 valence electrons. The largest absolute Gasteiger partial charge is 0.467 e. The second-order valence-electron chi connectivity index (χ2n) is 9.25. The summed E-state index contributed by atoms with van der Waals surface area (Å²) >= 11 is 5.84. The van der Waals surface area contributed by atoms with Crippen molar-refractivity contribution in [3.63, 3.8) is 0 Å². The van der Waals surface area contributed by atoms with Crippen molar-refractivity contribution in [3.05, 3.63) is 53.0 Å².